The lowest BCUT2D eigenvalue weighted by Gasteiger charge is -2.06. The molecule has 0 amide bonds. The highest BCUT2D eigenvalue weighted by atomic mass is 19.4. The van der Waals surface area contributed by atoms with Crippen molar-refractivity contribution in [2.24, 2.45) is 0 Å². The molecule has 1 aromatic heterocycles. The topological polar surface area (TPSA) is 24.9 Å². The predicted octanol–water partition coefficient (Wildman–Crippen LogP) is 2.07. The molecule has 0 radical (unpaired) electrons. The number of nitrogens with zero attached hydrogens (tertiary/aromatic N) is 1. The minimum absolute atomic E-state index is 0.558. The first kappa shape index (κ1) is 8.34. The number of aromatic nitrogens is 1. The molecule has 2 heterocycles. The number of halogens is 3. The van der Waals surface area contributed by atoms with Gasteiger partial charge in [-0.05, 0) is 18.1 Å². The molecule has 2 rings (SSSR count). The molecule has 0 saturated carbocycles. The summed E-state index contributed by atoms with van der Waals surface area (Å²) in [5.41, 5.74) is 0.580. The molecule has 0 aliphatic carbocycles. The fraction of sp³-hybridized carbons (Fsp3) is 0.375. The minimum atomic E-state index is -4.35. The van der Waals surface area contributed by atoms with E-state index in [0.29, 0.717) is 12.2 Å². The molecule has 1 aliphatic rings. The predicted molar refractivity (Wildman–Crippen MR) is 41.4 cm³/mol. The summed E-state index contributed by atoms with van der Waals surface area (Å²) in [4.78, 5) is 3.36. The zero-order chi connectivity index (χ0) is 9.47. The molecule has 13 heavy (non-hydrogen) atoms. The van der Waals surface area contributed by atoms with Gasteiger partial charge in [-0.1, -0.05) is 0 Å². The molecule has 0 atom stereocenters. The van der Waals surface area contributed by atoms with Crippen LogP contribution >= 0.6 is 0 Å². The van der Waals surface area contributed by atoms with Crippen molar-refractivity contribution < 1.29 is 13.2 Å². The largest absolute Gasteiger partial charge is 0.433 e. The Morgan fingerprint density at radius 3 is 2.85 bits per heavy atom. The summed E-state index contributed by atoms with van der Waals surface area (Å²) < 4.78 is 36.5. The highest BCUT2D eigenvalue weighted by Crippen LogP contribution is 2.31. The number of hydrogen-bond donors (Lipinski definition) is 1. The third kappa shape index (κ3) is 1.46. The fourth-order valence-corrected chi connectivity index (χ4v) is 1.33. The third-order valence-corrected chi connectivity index (χ3v) is 1.99. The van der Waals surface area contributed by atoms with Crippen molar-refractivity contribution in [3.05, 3.63) is 23.5 Å². The molecule has 0 saturated heterocycles. The van der Waals surface area contributed by atoms with Gasteiger partial charge in [-0.25, -0.2) is 0 Å². The highest BCUT2D eigenvalue weighted by molar-refractivity contribution is 5.55. The fourth-order valence-electron chi connectivity index (χ4n) is 1.33. The average molecular weight is 188 g/mol. The second-order valence-corrected chi connectivity index (χ2v) is 2.90. The van der Waals surface area contributed by atoms with Crippen LogP contribution in [0.4, 0.5) is 18.9 Å². The van der Waals surface area contributed by atoms with Crippen LogP contribution in [0.5, 0.6) is 0 Å². The molecular weight excluding hydrogens is 181 g/mol. The number of alkyl halides is 3. The van der Waals surface area contributed by atoms with Gasteiger partial charge in [-0.3, -0.25) is 4.98 Å². The van der Waals surface area contributed by atoms with Gasteiger partial charge in [0, 0.05) is 18.4 Å². The van der Waals surface area contributed by atoms with Crippen molar-refractivity contribution in [1.82, 2.24) is 4.98 Å². The SMILES string of the molecule is FC(F)(F)c1cc2c(cn1)CCN2. The smallest absolute Gasteiger partial charge is 0.384 e. The lowest BCUT2D eigenvalue weighted by atomic mass is 10.2. The van der Waals surface area contributed by atoms with Gasteiger partial charge in [0.1, 0.15) is 5.69 Å². The number of pyridine rings is 1. The van der Waals surface area contributed by atoms with Crippen LogP contribution in [0.2, 0.25) is 0 Å². The Hall–Kier alpha value is -1.26. The van der Waals surface area contributed by atoms with Crippen LogP contribution in [0, 0.1) is 0 Å². The molecule has 0 fully saturated rings. The summed E-state index contributed by atoms with van der Waals surface area (Å²) in [6.45, 7) is 0.693. The third-order valence-electron chi connectivity index (χ3n) is 1.99. The standard InChI is InChI=1S/C8H7F3N2/c9-8(10,11)7-3-6-5(4-13-7)1-2-12-6/h3-4,12H,1-2H2. The summed E-state index contributed by atoms with van der Waals surface area (Å²) in [6.07, 6.45) is -2.31. The number of anilines is 1. The van der Waals surface area contributed by atoms with Crippen molar-refractivity contribution in [1.29, 1.82) is 0 Å². The summed E-state index contributed by atoms with van der Waals surface area (Å²) in [5.74, 6) is 0. The van der Waals surface area contributed by atoms with Gasteiger partial charge < -0.3 is 5.32 Å². The molecule has 1 aliphatic heterocycles. The molecule has 0 unspecified atom stereocenters. The van der Waals surface area contributed by atoms with Crippen molar-refractivity contribution in [2.75, 3.05) is 11.9 Å². The zero-order valence-electron chi connectivity index (χ0n) is 6.65. The van der Waals surface area contributed by atoms with E-state index >= 15 is 0 Å². The molecule has 0 spiro atoms. The Bertz CT molecular complexity index is 333. The van der Waals surface area contributed by atoms with Crippen LogP contribution in [-0.2, 0) is 12.6 Å². The summed E-state index contributed by atoms with van der Waals surface area (Å²) in [6, 6.07) is 1.06. The van der Waals surface area contributed by atoms with Crippen LogP contribution in [0.25, 0.3) is 0 Å². The van der Waals surface area contributed by atoms with E-state index in [1.165, 1.54) is 6.20 Å². The normalized spacial score (nSPS) is 15.3. The number of hydrogen-bond acceptors (Lipinski definition) is 2. The van der Waals surface area contributed by atoms with Crippen LogP contribution in [0.15, 0.2) is 12.3 Å². The van der Waals surface area contributed by atoms with E-state index in [1.54, 1.807) is 0 Å². The maximum Gasteiger partial charge on any atom is 0.433 e. The first-order valence-corrected chi connectivity index (χ1v) is 3.87. The lowest BCUT2D eigenvalue weighted by Crippen LogP contribution is -2.08. The Morgan fingerprint density at radius 2 is 2.15 bits per heavy atom. The van der Waals surface area contributed by atoms with Gasteiger partial charge in [0.25, 0.3) is 0 Å². The second-order valence-electron chi connectivity index (χ2n) is 2.90. The first-order chi connectivity index (χ1) is 6.07. The van der Waals surface area contributed by atoms with Crippen molar-refractivity contribution in [3.8, 4) is 0 Å². The minimum Gasteiger partial charge on any atom is -0.384 e. The van der Waals surface area contributed by atoms with E-state index in [1.807, 2.05) is 0 Å². The number of fused-ring (bicyclic) bond motifs is 1. The summed E-state index contributed by atoms with van der Waals surface area (Å²) in [5, 5.41) is 2.87. The van der Waals surface area contributed by atoms with Crippen LogP contribution < -0.4 is 5.32 Å². The van der Waals surface area contributed by atoms with Gasteiger partial charge in [0.2, 0.25) is 0 Å². The molecule has 0 bridgehead atoms. The van der Waals surface area contributed by atoms with Crippen LogP contribution in [-0.4, -0.2) is 11.5 Å². The molecule has 70 valence electrons. The van der Waals surface area contributed by atoms with Gasteiger partial charge in [0.05, 0.1) is 0 Å². The molecule has 1 aromatic rings. The van der Waals surface area contributed by atoms with Crippen LogP contribution in [0.3, 0.4) is 0 Å². The summed E-state index contributed by atoms with van der Waals surface area (Å²) in [7, 11) is 0. The van der Waals surface area contributed by atoms with Gasteiger partial charge in [-0.2, -0.15) is 13.2 Å². The monoisotopic (exact) mass is 188 g/mol. The number of nitrogens with one attached hydrogen (secondary N) is 1. The molecular formula is C8H7F3N2. The first-order valence-electron chi connectivity index (χ1n) is 3.87. The quantitative estimate of drug-likeness (QED) is 0.674. The Morgan fingerprint density at radius 1 is 1.38 bits per heavy atom. The molecule has 0 aromatic carbocycles. The lowest BCUT2D eigenvalue weighted by molar-refractivity contribution is -0.141. The van der Waals surface area contributed by atoms with Gasteiger partial charge in [-0.15, -0.1) is 0 Å². The molecule has 1 N–H and O–H groups in total. The van der Waals surface area contributed by atoms with E-state index < -0.39 is 11.9 Å². The maximum absolute atomic E-state index is 12.2. The van der Waals surface area contributed by atoms with E-state index in [4.69, 9.17) is 0 Å². The highest BCUT2D eigenvalue weighted by Gasteiger charge is 2.33. The number of rotatable bonds is 0. The van der Waals surface area contributed by atoms with E-state index in [9.17, 15) is 13.2 Å². The Balaban J connectivity index is 2.42. The zero-order valence-corrected chi connectivity index (χ0v) is 6.65. The summed E-state index contributed by atoms with van der Waals surface area (Å²) >= 11 is 0. The Kier molecular flexibility index (Phi) is 1.68. The van der Waals surface area contributed by atoms with Gasteiger partial charge >= 0.3 is 6.18 Å². The average Bonchev–Trinajstić information content (AvgIpc) is 2.47. The second kappa shape index (κ2) is 2.61. The van der Waals surface area contributed by atoms with E-state index in [2.05, 4.69) is 10.3 Å². The molecule has 5 heteroatoms. The van der Waals surface area contributed by atoms with E-state index in [0.717, 1.165) is 18.1 Å². The van der Waals surface area contributed by atoms with Crippen LogP contribution in [0.1, 0.15) is 11.3 Å². The van der Waals surface area contributed by atoms with Crippen molar-refractivity contribution >= 4 is 5.69 Å². The van der Waals surface area contributed by atoms with Crippen molar-refractivity contribution in [3.63, 3.8) is 0 Å². The Labute approximate surface area is 72.8 Å². The molecule has 2 nitrogen and oxygen atoms in total. The van der Waals surface area contributed by atoms with Crippen molar-refractivity contribution in [2.45, 2.75) is 12.6 Å². The van der Waals surface area contributed by atoms with Gasteiger partial charge in [0.15, 0.2) is 0 Å². The maximum atomic E-state index is 12.2. The van der Waals surface area contributed by atoms with E-state index in [-0.39, 0.29) is 0 Å².